The summed E-state index contributed by atoms with van der Waals surface area (Å²) >= 11 is 0. The fourth-order valence-electron chi connectivity index (χ4n) is 3.29. The first-order valence-corrected chi connectivity index (χ1v) is 9.50. The third kappa shape index (κ3) is 7.39. The van der Waals surface area contributed by atoms with Gasteiger partial charge in [0.1, 0.15) is 5.82 Å². The zero-order chi connectivity index (χ0) is 18.2. The minimum atomic E-state index is -0.162. The van der Waals surface area contributed by atoms with Crippen LogP contribution in [0.2, 0.25) is 0 Å². The number of likely N-dealkylation sites (tertiary alicyclic amines) is 1. The normalized spacial score (nSPS) is 18.5. The van der Waals surface area contributed by atoms with Crippen molar-refractivity contribution in [3.63, 3.8) is 0 Å². The maximum absolute atomic E-state index is 13.4. The van der Waals surface area contributed by atoms with E-state index in [9.17, 15) is 4.39 Å². The molecule has 0 radical (unpaired) electrons. The summed E-state index contributed by atoms with van der Waals surface area (Å²) in [6.07, 6.45) is 2.54. The molecular weight excluding hydrogens is 442 g/mol. The van der Waals surface area contributed by atoms with Crippen LogP contribution in [0, 0.1) is 18.7 Å². The van der Waals surface area contributed by atoms with Gasteiger partial charge in [0, 0.05) is 25.7 Å². The van der Waals surface area contributed by atoms with Crippen LogP contribution in [0.25, 0.3) is 0 Å². The van der Waals surface area contributed by atoms with E-state index in [2.05, 4.69) is 41.3 Å². The molecule has 0 aliphatic carbocycles. The molecule has 148 valence electrons. The van der Waals surface area contributed by atoms with E-state index in [-0.39, 0.29) is 29.8 Å². The lowest BCUT2D eigenvalue weighted by molar-refractivity contribution is 0.141. The lowest BCUT2D eigenvalue weighted by Crippen LogP contribution is -2.46. The average molecular weight is 476 g/mol. The van der Waals surface area contributed by atoms with Crippen molar-refractivity contribution in [1.82, 2.24) is 15.5 Å². The Labute approximate surface area is 175 Å². The van der Waals surface area contributed by atoms with E-state index in [1.54, 1.807) is 13.0 Å². The van der Waals surface area contributed by atoms with E-state index in [4.69, 9.17) is 0 Å². The number of guanidine groups is 1. The Morgan fingerprint density at radius 2 is 2.12 bits per heavy atom. The zero-order valence-corrected chi connectivity index (χ0v) is 18.8. The smallest absolute Gasteiger partial charge is 0.191 e. The molecule has 4 nitrogen and oxygen atoms in total. The molecule has 2 N–H and O–H groups in total. The van der Waals surface area contributed by atoms with Gasteiger partial charge >= 0.3 is 0 Å². The highest BCUT2D eigenvalue weighted by Gasteiger charge is 2.21. The highest BCUT2D eigenvalue weighted by Crippen LogP contribution is 2.17. The third-order valence-electron chi connectivity index (χ3n) is 4.83. The molecule has 1 aromatic carbocycles. The SMILES string of the molecule is CCNC(=NCc1ccc(F)c(C)c1)NCC1CCCN(C(C)C)C1.I. The Balaban J connectivity index is 0.00000338. The van der Waals surface area contributed by atoms with Crippen LogP contribution in [0.4, 0.5) is 4.39 Å². The van der Waals surface area contributed by atoms with Crippen molar-refractivity contribution in [2.45, 2.75) is 53.1 Å². The van der Waals surface area contributed by atoms with Crippen LogP contribution in [-0.2, 0) is 6.54 Å². The standard InChI is InChI=1S/C20H33FN4.HI/c1-5-22-20(23-12-17-8-9-19(21)16(4)11-17)24-13-18-7-6-10-25(14-18)15(2)3;/h8-9,11,15,18H,5-7,10,12-14H2,1-4H3,(H2,22,23,24);1H. The van der Waals surface area contributed by atoms with Gasteiger partial charge in [-0.25, -0.2) is 9.38 Å². The van der Waals surface area contributed by atoms with Crippen LogP contribution in [0.5, 0.6) is 0 Å². The molecule has 0 amide bonds. The van der Waals surface area contributed by atoms with Crippen LogP contribution in [-0.4, -0.2) is 43.1 Å². The summed E-state index contributed by atoms with van der Waals surface area (Å²) in [5, 5.41) is 6.79. The summed E-state index contributed by atoms with van der Waals surface area (Å²) in [5.41, 5.74) is 1.70. The van der Waals surface area contributed by atoms with Crippen molar-refractivity contribution in [3.05, 3.63) is 35.1 Å². The van der Waals surface area contributed by atoms with Crippen molar-refractivity contribution in [1.29, 1.82) is 0 Å². The summed E-state index contributed by atoms with van der Waals surface area (Å²) in [6, 6.07) is 5.80. The Morgan fingerprint density at radius 1 is 1.35 bits per heavy atom. The summed E-state index contributed by atoms with van der Waals surface area (Å²) in [4.78, 5) is 7.21. The van der Waals surface area contributed by atoms with Gasteiger partial charge in [0.25, 0.3) is 0 Å². The van der Waals surface area contributed by atoms with E-state index in [0.29, 0.717) is 24.1 Å². The Hall–Kier alpha value is -0.890. The summed E-state index contributed by atoms with van der Waals surface area (Å²) in [5.74, 6) is 1.34. The van der Waals surface area contributed by atoms with Gasteiger partial charge in [-0.05, 0) is 70.2 Å². The highest BCUT2D eigenvalue weighted by atomic mass is 127. The topological polar surface area (TPSA) is 39.7 Å². The van der Waals surface area contributed by atoms with Crippen LogP contribution >= 0.6 is 24.0 Å². The number of aliphatic imine (C=N–C) groups is 1. The molecule has 1 aromatic rings. The molecular formula is C20H34FIN4. The van der Waals surface area contributed by atoms with Crippen LogP contribution < -0.4 is 10.6 Å². The number of nitrogens with one attached hydrogen (secondary N) is 2. The van der Waals surface area contributed by atoms with Gasteiger partial charge in [-0.3, -0.25) is 0 Å². The summed E-state index contributed by atoms with van der Waals surface area (Å²) in [6.45, 7) is 13.1. The van der Waals surface area contributed by atoms with Crippen molar-refractivity contribution in [2.75, 3.05) is 26.2 Å². The van der Waals surface area contributed by atoms with Crippen molar-refractivity contribution >= 4 is 29.9 Å². The van der Waals surface area contributed by atoms with Gasteiger partial charge < -0.3 is 15.5 Å². The largest absolute Gasteiger partial charge is 0.357 e. The number of hydrogen-bond acceptors (Lipinski definition) is 2. The van der Waals surface area contributed by atoms with E-state index in [1.165, 1.54) is 25.5 Å². The number of halogens is 2. The molecule has 6 heteroatoms. The molecule has 1 heterocycles. The first-order chi connectivity index (χ1) is 12.0. The predicted molar refractivity (Wildman–Crippen MR) is 119 cm³/mol. The maximum atomic E-state index is 13.4. The summed E-state index contributed by atoms with van der Waals surface area (Å²) < 4.78 is 13.4. The Bertz CT molecular complexity index is 577. The van der Waals surface area contributed by atoms with Crippen LogP contribution in [0.1, 0.15) is 44.7 Å². The molecule has 1 unspecified atom stereocenters. The molecule has 1 aliphatic rings. The average Bonchev–Trinajstić information content (AvgIpc) is 2.60. The molecule has 0 bridgehead atoms. The first kappa shape index (κ1) is 23.1. The van der Waals surface area contributed by atoms with Gasteiger partial charge in [-0.15, -0.1) is 24.0 Å². The summed E-state index contributed by atoms with van der Waals surface area (Å²) in [7, 11) is 0. The predicted octanol–water partition coefficient (Wildman–Crippen LogP) is 3.93. The van der Waals surface area contributed by atoms with Gasteiger partial charge in [-0.2, -0.15) is 0 Å². The third-order valence-corrected chi connectivity index (χ3v) is 4.83. The van der Waals surface area contributed by atoms with Gasteiger partial charge in [0.2, 0.25) is 0 Å². The lowest BCUT2D eigenvalue weighted by atomic mass is 9.97. The van der Waals surface area contributed by atoms with Gasteiger partial charge in [-0.1, -0.05) is 12.1 Å². The molecule has 0 aromatic heterocycles. The number of benzene rings is 1. The lowest BCUT2D eigenvalue weighted by Gasteiger charge is -2.35. The quantitative estimate of drug-likeness (QED) is 0.372. The fraction of sp³-hybridized carbons (Fsp3) is 0.650. The van der Waals surface area contributed by atoms with E-state index in [0.717, 1.165) is 31.2 Å². The van der Waals surface area contributed by atoms with Crippen molar-refractivity contribution in [2.24, 2.45) is 10.9 Å². The molecule has 1 saturated heterocycles. The van der Waals surface area contributed by atoms with E-state index in [1.807, 2.05) is 6.07 Å². The van der Waals surface area contributed by atoms with E-state index < -0.39 is 0 Å². The number of nitrogens with zero attached hydrogens (tertiary/aromatic N) is 2. The molecule has 1 aliphatic heterocycles. The Kier molecular flexibility index (Phi) is 10.5. The Morgan fingerprint density at radius 3 is 2.77 bits per heavy atom. The second-order valence-electron chi connectivity index (χ2n) is 7.26. The van der Waals surface area contributed by atoms with E-state index >= 15 is 0 Å². The first-order valence-electron chi connectivity index (χ1n) is 9.50. The number of piperidine rings is 1. The fourth-order valence-corrected chi connectivity index (χ4v) is 3.29. The maximum Gasteiger partial charge on any atom is 0.191 e. The second kappa shape index (κ2) is 11.7. The zero-order valence-electron chi connectivity index (χ0n) is 16.5. The van der Waals surface area contributed by atoms with Crippen molar-refractivity contribution in [3.8, 4) is 0 Å². The molecule has 26 heavy (non-hydrogen) atoms. The molecule has 0 saturated carbocycles. The van der Waals surface area contributed by atoms with Crippen molar-refractivity contribution < 1.29 is 4.39 Å². The number of hydrogen-bond donors (Lipinski definition) is 2. The number of aryl methyl sites for hydroxylation is 1. The van der Waals surface area contributed by atoms with Gasteiger partial charge in [0.05, 0.1) is 6.54 Å². The second-order valence-corrected chi connectivity index (χ2v) is 7.26. The van der Waals surface area contributed by atoms with Crippen LogP contribution in [0.3, 0.4) is 0 Å². The minimum absolute atomic E-state index is 0. The molecule has 1 atom stereocenters. The van der Waals surface area contributed by atoms with Crippen LogP contribution in [0.15, 0.2) is 23.2 Å². The number of rotatable bonds is 6. The van der Waals surface area contributed by atoms with Gasteiger partial charge in [0.15, 0.2) is 5.96 Å². The minimum Gasteiger partial charge on any atom is -0.357 e. The molecule has 0 spiro atoms. The molecule has 2 rings (SSSR count). The monoisotopic (exact) mass is 476 g/mol. The molecule has 1 fully saturated rings. The highest BCUT2D eigenvalue weighted by molar-refractivity contribution is 14.0.